The standard InChI is InChI=1S/C11H9N3S/c12-6-7-2-1-3-9-10(7)13-11(15)14(9)8-4-5-8/h1-3,8H,4-5H2,(H,13,15). The van der Waals surface area contributed by atoms with Crippen molar-refractivity contribution in [3.8, 4) is 6.07 Å². The van der Waals surface area contributed by atoms with Crippen LogP contribution in [0.1, 0.15) is 24.4 Å². The highest BCUT2D eigenvalue weighted by Crippen LogP contribution is 2.37. The van der Waals surface area contributed by atoms with Gasteiger partial charge in [-0.25, -0.2) is 0 Å². The number of para-hydroxylation sites is 1. The molecule has 3 nitrogen and oxygen atoms in total. The summed E-state index contributed by atoms with van der Waals surface area (Å²) >= 11 is 5.27. The van der Waals surface area contributed by atoms with Gasteiger partial charge in [0.05, 0.1) is 16.6 Å². The van der Waals surface area contributed by atoms with Crippen LogP contribution in [0, 0.1) is 16.1 Å². The van der Waals surface area contributed by atoms with Gasteiger partial charge in [0.25, 0.3) is 0 Å². The summed E-state index contributed by atoms with van der Waals surface area (Å²) in [5.41, 5.74) is 2.59. The number of aromatic amines is 1. The molecule has 1 aromatic carbocycles. The zero-order chi connectivity index (χ0) is 10.4. The summed E-state index contributed by atoms with van der Waals surface area (Å²) in [6.45, 7) is 0. The Labute approximate surface area is 92.0 Å². The zero-order valence-electron chi connectivity index (χ0n) is 8.03. The van der Waals surface area contributed by atoms with Gasteiger partial charge in [-0.15, -0.1) is 0 Å². The Balaban J connectivity index is 2.42. The molecule has 3 rings (SSSR count). The van der Waals surface area contributed by atoms with Crippen molar-refractivity contribution in [2.45, 2.75) is 18.9 Å². The van der Waals surface area contributed by atoms with Crippen LogP contribution in [-0.2, 0) is 0 Å². The van der Waals surface area contributed by atoms with Crippen LogP contribution in [-0.4, -0.2) is 9.55 Å². The van der Waals surface area contributed by atoms with Crippen LogP contribution in [0.25, 0.3) is 11.0 Å². The molecule has 0 bridgehead atoms. The van der Waals surface area contributed by atoms with Crippen molar-refractivity contribution in [3.05, 3.63) is 28.5 Å². The highest BCUT2D eigenvalue weighted by atomic mass is 32.1. The maximum Gasteiger partial charge on any atom is 0.178 e. The normalized spacial score (nSPS) is 15.4. The minimum absolute atomic E-state index is 0.542. The van der Waals surface area contributed by atoms with Crippen molar-refractivity contribution in [2.75, 3.05) is 0 Å². The molecule has 1 aliphatic rings. The first-order valence-corrected chi connectivity index (χ1v) is 5.35. The Bertz CT molecular complexity index is 625. The van der Waals surface area contributed by atoms with Crippen LogP contribution >= 0.6 is 12.2 Å². The maximum atomic E-state index is 8.98. The predicted molar refractivity (Wildman–Crippen MR) is 60.1 cm³/mol. The number of rotatable bonds is 1. The fourth-order valence-electron chi connectivity index (χ4n) is 1.94. The van der Waals surface area contributed by atoms with Gasteiger partial charge < -0.3 is 9.55 Å². The lowest BCUT2D eigenvalue weighted by molar-refractivity contribution is 0.753. The van der Waals surface area contributed by atoms with E-state index in [2.05, 4.69) is 15.6 Å². The Hall–Kier alpha value is -1.60. The number of imidazole rings is 1. The Morgan fingerprint density at radius 3 is 2.93 bits per heavy atom. The number of hydrogen-bond donors (Lipinski definition) is 1. The molecule has 1 heterocycles. The molecule has 74 valence electrons. The molecule has 0 amide bonds. The summed E-state index contributed by atoms with van der Waals surface area (Å²) < 4.78 is 2.86. The molecule has 1 fully saturated rings. The molecule has 1 aliphatic carbocycles. The van der Waals surface area contributed by atoms with Gasteiger partial charge >= 0.3 is 0 Å². The van der Waals surface area contributed by atoms with Crippen LogP contribution in [0.2, 0.25) is 0 Å². The van der Waals surface area contributed by atoms with Gasteiger partial charge in [-0.1, -0.05) is 6.07 Å². The van der Waals surface area contributed by atoms with E-state index in [1.54, 1.807) is 0 Å². The number of benzene rings is 1. The molecule has 4 heteroatoms. The summed E-state index contributed by atoms with van der Waals surface area (Å²) in [5, 5.41) is 8.98. The summed E-state index contributed by atoms with van der Waals surface area (Å²) in [4.78, 5) is 3.12. The van der Waals surface area contributed by atoms with Gasteiger partial charge in [0.1, 0.15) is 6.07 Å². The molecular weight excluding hydrogens is 206 g/mol. The molecule has 0 radical (unpaired) electrons. The van der Waals surface area contributed by atoms with Gasteiger partial charge in [0, 0.05) is 6.04 Å². The van der Waals surface area contributed by atoms with Crippen LogP contribution in [0.5, 0.6) is 0 Å². The number of nitrogens with one attached hydrogen (secondary N) is 1. The van der Waals surface area contributed by atoms with E-state index < -0.39 is 0 Å². The van der Waals surface area contributed by atoms with Gasteiger partial charge in [0.2, 0.25) is 0 Å². The quantitative estimate of drug-likeness (QED) is 0.743. The zero-order valence-corrected chi connectivity index (χ0v) is 8.84. The third kappa shape index (κ3) is 1.20. The average molecular weight is 215 g/mol. The lowest BCUT2D eigenvalue weighted by Gasteiger charge is -2.00. The minimum Gasteiger partial charge on any atom is -0.329 e. The van der Waals surface area contributed by atoms with Crippen molar-refractivity contribution < 1.29 is 0 Å². The largest absolute Gasteiger partial charge is 0.329 e. The summed E-state index contributed by atoms with van der Waals surface area (Å²) in [6, 6.07) is 8.45. The first-order valence-electron chi connectivity index (χ1n) is 4.94. The molecule has 1 saturated carbocycles. The third-order valence-electron chi connectivity index (χ3n) is 2.79. The molecule has 0 saturated heterocycles. The highest BCUT2D eigenvalue weighted by Gasteiger charge is 2.26. The van der Waals surface area contributed by atoms with Crippen LogP contribution in [0.15, 0.2) is 18.2 Å². The number of H-pyrrole nitrogens is 1. The Kier molecular flexibility index (Phi) is 1.70. The van der Waals surface area contributed by atoms with Gasteiger partial charge in [-0.2, -0.15) is 5.26 Å². The maximum absolute atomic E-state index is 8.98. The smallest absolute Gasteiger partial charge is 0.178 e. The fraction of sp³-hybridized carbons (Fsp3) is 0.273. The van der Waals surface area contributed by atoms with Crippen molar-refractivity contribution in [2.24, 2.45) is 0 Å². The van der Waals surface area contributed by atoms with Crippen LogP contribution in [0.3, 0.4) is 0 Å². The highest BCUT2D eigenvalue weighted by molar-refractivity contribution is 7.71. The molecular formula is C11H9N3S. The first-order chi connectivity index (χ1) is 7.31. The predicted octanol–water partition coefficient (Wildman–Crippen LogP) is 2.91. The van der Waals surface area contributed by atoms with Crippen molar-refractivity contribution in [1.82, 2.24) is 9.55 Å². The number of hydrogen-bond acceptors (Lipinski definition) is 2. The monoisotopic (exact) mass is 215 g/mol. The molecule has 0 spiro atoms. The van der Waals surface area contributed by atoms with E-state index in [1.807, 2.05) is 18.2 Å². The van der Waals surface area contributed by atoms with Crippen LogP contribution < -0.4 is 0 Å². The third-order valence-corrected chi connectivity index (χ3v) is 3.08. The molecule has 2 aromatic rings. The van der Waals surface area contributed by atoms with Gasteiger partial charge in [-0.3, -0.25) is 0 Å². The summed E-state index contributed by atoms with van der Waals surface area (Å²) in [5.74, 6) is 0. The summed E-state index contributed by atoms with van der Waals surface area (Å²) in [6.07, 6.45) is 2.39. The fourth-order valence-corrected chi connectivity index (χ4v) is 2.29. The Morgan fingerprint density at radius 2 is 2.27 bits per heavy atom. The van der Waals surface area contributed by atoms with E-state index in [4.69, 9.17) is 17.5 Å². The second-order valence-electron chi connectivity index (χ2n) is 3.84. The average Bonchev–Trinajstić information content (AvgIpc) is 3.00. The molecule has 0 aliphatic heterocycles. The number of aromatic nitrogens is 2. The molecule has 0 atom stereocenters. The lowest BCUT2D eigenvalue weighted by Crippen LogP contribution is -1.92. The number of nitriles is 1. The second-order valence-corrected chi connectivity index (χ2v) is 4.23. The lowest BCUT2D eigenvalue weighted by atomic mass is 10.2. The molecule has 1 N–H and O–H groups in total. The summed E-state index contributed by atoms with van der Waals surface area (Å²) in [7, 11) is 0. The SMILES string of the molecule is N#Cc1cccc2c1[nH]c(=S)n2C1CC1. The molecule has 1 aromatic heterocycles. The van der Waals surface area contributed by atoms with Crippen molar-refractivity contribution in [1.29, 1.82) is 5.26 Å². The van der Waals surface area contributed by atoms with E-state index in [0.29, 0.717) is 11.6 Å². The molecule has 0 unspecified atom stereocenters. The minimum atomic E-state index is 0.542. The number of fused-ring (bicyclic) bond motifs is 1. The Morgan fingerprint density at radius 1 is 1.47 bits per heavy atom. The van der Waals surface area contributed by atoms with E-state index in [9.17, 15) is 0 Å². The van der Waals surface area contributed by atoms with Gasteiger partial charge in [-0.05, 0) is 37.2 Å². The first kappa shape index (κ1) is 8.69. The molecule has 15 heavy (non-hydrogen) atoms. The van der Waals surface area contributed by atoms with E-state index in [1.165, 1.54) is 12.8 Å². The van der Waals surface area contributed by atoms with E-state index >= 15 is 0 Å². The van der Waals surface area contributed by atoms with E-state index in [-0.39, 0.29) is 0 Å². The second kappa shape index (κ2) is 2.94. The van der Waals surface area contributed by atoms with Gasteiger partial charge in [0.15, 0.2) is 4.77 Å². The van der Waals surface area contributed by atoms with Crippen LogP contribution in [0.4, 0.5) is 0 Å². The van der Waals surface area contributed by atoms with E-state index in [0.717, 1.165) is 15.8 Å². The topological polar surface area (TPSA) is 44.5 Å². The van der Waals surface area contributed by atoms with Crippen molar-refractivity contribution >= 4 is 23.3 Å². The number of nitrogens with zero attached hydrogens (tertiary/aromatic N) is 2. The van der Waals surface area contributed by atoms with Crippen molar-refractivity contribution in [3.63, 3.8) is 0 Å².